The molecule has 4 nitrogen and oxygen atoms in total. The van der Waals surface area contributed by atoms with Crippen molar-refractivity contribution in [2.24, 2.45) is 5.92 Å². The van der Waals surface area contributed by atoms with Crippen molar-refractivity contribution in [3.63, 3.8) is 0 Å². The molecule has 20 heavy (non-hydrogen) atoms. The minimum absolute atomic E-state index is 0.372. The SMILES string of the molecule is CCCOc1cc(N)cc(NC2CCOC2C2CC2)c1. The van der Waals surface area contributed by atoms with Gasteiger partial charge in [0.05, 0.1) is 18.8 Å². The van der Waals surface area contributed by atoms with E-state index in [1.54, 1.807) is 0 Å². The van der Waals surface area contributed by atoms with Crippen molar-refractivity contribution in [2.75, 3.05) is 24.3 Å². The molecule has 1 aliphatic heterocycles. The molecule has 1 saturated heterocycles. The molecule has 0 amide bonds. The molecule has 2 aliphatic rings. The van der Waals surface area contributed by atoms with Gasteiger partial charge in [0, 0.05) is 30.1 Å². The van der Waals surface area contributed by atoms with Crippen LogP contribution in [0.25, 0.3) is 0 Å². The molecule has 1 aliphatic carbocycles. The molecule has 3 rings (SSSR count). The van der Waals surface area contributed by atoms with Crippen molar-refractivity contribution in [3.8, 4) is 5.75 Å². The molecule has 2 atom stereocenters. The maximum absolute atomic E-state index is 5.96. The maximum Gasteiger partial charge on any atom is 0.123 e. The summed E-state index contributed by atoms with van der Waals surface area (Å²) in [6, 6.07) is 6.29. The summed E-state index contributed by atoms with van der Waals surface area (Å²) < 4.78 is 11.5. The molecule has 0 spiro atoms. The predicted molar refractivity (Wildman–Crippen MR) is 81.1 cm³/mol. The minimum Gasteiger partial charge on any atom is -0.493 e. The highest BCUT2D eigenvalue weighted by molar-refractivity contribution is 5.59. The molecule has 110 valence electrons. The van der Waals surface area contributed by atoms with E-state index in [4.69, 9.17) is 15.2 Å². The van der Waals surface area contributed by atoms with E-state index in [1.807, 2.05) is 18.2 Å². The van der Waals surface area contributed by atoms with Gasteiger partial charge < -0.3 is 20.5 Å². The van der Waals surface area contributed by atoms with Crippen LogP contribution < -0.4 is 15.8 Å². The quantitative estimate of drug-likeness (QED) is 0.784. The zero-order chi connectivity index (χ0) is 13.9. The average Bonchev–Trinajstić information content (AvgIpc) is 3.17. The lowest BCUT2D eigenvalue weighted by molar-refractivity contribution is 0.0898. The second kappa shape index (κ2) is 5.92. The van der Waals surface area contributed by atoms with E-state index in [9.17, 15) is 0 Å². The molecule has 2 fully saturated rings. The van der Waals surface area contributed by atoms with E-state index in [0.717, 1.165) is 49.1 Å². The van der Waals surface area contributed by atoms with Crippen LogP contribution in [-0.4, -0.2) is 25.4 Å². The highest BCUT2D eigenvalue weighted by atomic mass is 16.5. The number of nitrogen functional groups attached to an aromatic ring is 1. The first-order valence-corrected chi connectivity index (χ1v) is 7.68. The third kappa shape index (κ3) is 3.18. The zero-order valence-electron chi connectivity index (χ0n) is 12.1. The molecular weight excluding hydrogens is 252 g/mol. The Morgan fingerprint density at radius 1 is 1.30 bits per heavy atom. The first-order valence-electron chi connectivity index (χ1n) is 7.68. The van der Waals surface area contributed by atoms with Crippen LogP contribution >= 0.6 is 0 Å². The lowest BCUT2D eigenvalue weighted by atomic mass is 10.1. The van der Waals surface area contributed by atoms with E-state index in [0.29, 0.717) is 12.1 Å². The average molecular weight is 276 g/mol. The van der Waals surface area contributed by atoms with Gasteiger partial charge in [0.15, 0.2) is 0 Å². The lowest BCUT2D eigenvalue weighted by Crippen LogP contribution is -2.30. The maximum atomic E-state index is 5.96. The summed E-state index contributed by atoms with van der Waals surface area (Å²) in [5.74, 6) is 1.60. The van der Waals surface area contributed by atoms with Gasteiger partial charge in [-0.25, -0.2) is 0 Å². The summed E-state index contributed by atoms with van der Waals surface area (Å²) in [5.41, 5.74) is 7.74. The lowest BCUT2D eigenvalue weighted by Gasteiger charge is -2.21. The minimum atomic E-state index is 0.372. The fourth-order valence-electron chi connectivity index (χ4n) is 2.88. The monoisotopic (exact) mass is 276 g/mol. The second-order valence-electron chi connectivity index (χ2n) is 5.85. The van der Waals surface area contributed by atoms with Gasteiger partial charge in [0.25, 0.3) is 0 Å². The van der Waals surface area contributed by atoms with Gasteiger partial charge in [-0.3, -0.25) is 0 Å². The number of anilines is 2. The van der Waals surface area contributed by atoms with Crippen molar-refractivity contribution in [2.45, 2.75) is 44.8 Å². The van der Waals surface area contributed by atoms with Gasteiger partial charge in [-0.1, -0.05) is 6.92 Å². The van der Waals surface area contributed by atoms with Crippen molar-refractivity contribution in [1.82, 2.24) is 0 Å². The molecule has 0 aromatic heterocycles. The first kappa shape index (κ1) is 13.6. The fourth-order valence-corrected chi connectivity index (χ4v) is 2.88. The number of rotatable bonds is 6. The number of benzene rings is 1. The van der Waals surface area contributed by atoms with E-state index < -0.39 is 0 Å². The third-order valence-corrected chi connectivity index (χ3v) is 3.98. The normalized spacial score (nSPS) is 25.6. The Morgan fingerprint density at radius 3 is 2.90 bits per heavy atom. The Balaban J connectivity index is 1.68. The molecule has 0 radical (unpaired) electrons. The molecule has 0 bridgehead atoms. The van der Waals surface area contributed by atoms with E-state index in [2.05, 4.69) is 12.2 Å². The molecule has 1 aromatic carbocycles. The van der Waals surface area contributed by atoms with Gasteiger partial charge >= 0.3 is 0 Å². The predicted octanol–water partition coefficient (Wildman–Crippen LogP) is 3.04. The molecule has 2 unspecified atom stereocenters. The van der Waals surface area contributed by atoms with Crippen molar-refractivity contribution >= 4 is 11.4 Å². The topological polar surface area (TPSA) is 56.5 Å². The Kier molecular flexibility index (Phi) is 4.01. The van der Waals surface area contributed by atoms with Crippen LogP contribution in [0.5, 0.6) is 5.75 Å². The Labute approximate surface area is 120 Å². The van der Waals surface area contributed by atoms with Crippen molar-refractivity contribution < 1.29 is 9.47 Å². The summed E-state index contributed by atoms with van der Waals surface area (Å²) in [6.07, 6.45) is 5.06. The highest BCUT2D eigenvalue weighted by Gasteiger charge is 2.40. The summed E-state index contributed by atoms with van der Waals surface area (Å²) in [7, 11) is 0. The fraction of sp³-hybridized carbons (Fsp3) is 0.625. The third-order valence-electron chi connectivity index (χ3n) is 3.98. The standard InChI is InChI=1S/C16H24N2O2/c1-2-6-19-14-9-12(17)8-13(10-14)18-15-5-7-20-16(15)11-3-4-11/h8-11,15-16,18H,2-7,17H2,1H3. The van der Waals surface area contributed by atoms with Crippen LogP contribution in [0.2, 0.25) is 0 Å². The molecule has 1 heterocycles. The number of ether oxygens (including phenoxy) is 2. The Morgan fingerprint density at radius 2 is 2.15 bits per heavy atom. The highest BCUT2D eigenvalue weighted by Crippen LogP contribution is 2.39. The summed E-state index contributed by atoms with van der Waals surface area (Å²) in [4.78, 5) is 0. The van der Waals surface area contributed by atoms with Crippen LogP contribution in [-0.2, 0) is 4.74 Å². The summed E-state index contributed by atoms with van der Waals surface area (Å²) >= 11 is 0. The van der Waals surface area contributed by atoms with Crippen LogP contribution in [0.1, 0.15) is 32.6 Å². The molecule has 1 aromatic rings. The number of nitrogens with two attached hydrogens (primary N) is 1. The summed E-state index contributed by atoms with van der Waals surface area (Å²) in [6.45, 7) is 3.68. The molecular formula is C16H24N2O2. The Bertz CT molecular complexity index is 460. The largest absolute Gasteiger partial charge is 0.493 e. The van der Waals surface area contributed by atoms with Crippen LogP contribution in [0.4, 0.5) is 11.4 Å². The number of hydrogen-bond donors (Lipinski definition) is 2. The smallest absolute Gasteiger partial charge is 0.123 e. The molecule has 4 heteroatoms. The van der Waals surface area contributed by atoms with Gasteiger partial charge in [0.1, 0.15) is 5.75 Å². The van der Waals surface area contributed by atoms with Gasteiger partial charge in [0.2, 0.25) is 0 Å². The van der Waals surface area contributed by atoms with Gasteiger partial charge in [-0.2, -0.15) is 0 Å². The summed E-state index contributed by atoms with van der Waals surface area (Å²) in [5, 5.41) is 3.58. The van der Waals surface area contributed by atoms with Crippen molar-refractivity contribution in [1.29, 1.82) is 0 Å². The van der Waals surface area contributed by atoms with E-state index >= 15 is 0 Å². The van der Waals surface area contributed by atoms with Gasteiger partial charge in [-0.15, -0.1) is 0 Å². The molecule has 3 N–H and O–H groups in total. The first-order chi connectivity index (χ1) is 9.76. The molecule has 1 saturated carbocycles. The van der Waals surface area contributed by atoms with Crippen LogP contribution in [0.3, 0.4) is 0 Å². The van der Waals surface area contributed by atoms with Crippen LogP contribution in [0.15, 0.2) is 18.2 Å². The zero-order valence-corrected chi connectivity index (χ0v) is 12.1. The number of nitrogens with one attached hydrogen (secondary N) is 1. The van der Waals surface area contributed by atoms with Gasteiger partial charge in [-0.05, 0) is 37.7 Å². The van der Waals surface area contributed by atoms with Crippen LogP contribution in [0, 0.1) is 5.92 Å². The Hall–Kier alpha value is -1.42. The second-order valence-corrected chi connectivity index (χ2v) is 5.85. The number of hydrogen-bond acceptors (Lipinski definition) is 4. The van der Waals surface area contributed by atoms with Crippen molar-refractivity contribution in [3.05, 3.63) is 18.2 Å². The van der Waals surface area contributed by atoms with E-state index in [1.165, 1.54) is 12.8 Å². The van der Waals surface area contributed by atoms with E-state index in [-0.39, 0.29) is 0 Å².